The van der Waals surface area contributed by atoms with Gasteiger partial charge in [0.15, 0.2) is 0 Å². The molecule has 1 unspecified atom stereocenters. The van der Waals surface area contributed by atoms with E-state index in [-0.39, 0.29) is 24.3 Å². The molecule has 0 bridgehead atoms. The van der Waals surface area contributed by atoms with Crippen LogP contribution in [0.25, 0.3) is 0 Å². The zero-order valence-electron chi connectivity index (χ0n) is 15.8. The number of carbonyl (C=O) groups is 2. The largest absolute Gasteiger partial charge is 0.375 e. The second kappa shape index (κ2) is 8.54. The molecular weight excluding hydrogens is 330 g/mol. The molecule has 0 radical (unpaired) electrons. The number of methoxy groups -OCH3 is 1. The van der Waals surface area contributed by atoms with Crippen LogP contribution >= 0.6 is 0 Å². The standard InChI is InChI=1S/C20H29N3O3/c1-16-5-7-18(8-6-16)21-10-12-22(13-11-21)20(25)17-4-3-9-23(14-17)19(24)15-26-2/h5-8,17H,3-4,9-15H2,1-2H3. The van der Waals surface area contributed by atoms with Crippen LogP contribution in [0.4, 0.5) is 5.69 Å². The molecular formula is C20H29N3O3. The summed E-state index contributed by atoms with van der Waals surface area (Å²) in [4.78, 5) is 31.0. The third-order valence-corrected chi connectivity index (χ3v) is 5.38. The zero-order chi connectivity index (χ0) is 18.5. The van der Waals surface area contributed by atoms with E-state index < -0.39 is 0 Å². The van der Waals surface area contributed by atoms with Crippen LogP contribution in [0.3, 0.4) is 0 Å². The lowest BCUT2D eigenvalue weighted by molar-refractivity contribution is -0.142. The normalized spacial score (nSPS) is 21.0. The molecule has 1 aromatic rings. The van der Waals surface area contributed by atoms with Crippen molar-refractivity contribution >= 4 is 17.5 Å². The van der Waals surface area contributed by atoms with E-state index in [1.807, 2.05) is 4.90 Å². The Hall–Kier alpha value is -2.08. The summed E-state index contributed by atoms with van der Waals surface area (Å²) in [6, 6.07) is 8.54. The van der Waals surface area contributed by atoms with Gasteiger partial charge in [-0.25, -0.2) is 0 Å². The van der Waals surface area contributed by atoms with Gasteiger partial charge in [-0.05, 0) is 31.9 Å². The van der Waals surface area contributed by atoms with Crippen molar-refractivity contribution in [1.29, 1.82) is 0 Å². The molecule has 2 aliphatic heterocycles. The minimum Gasteiger partial charge on any atom is -0.375 e. The van der Waals surface area contributed by atoms with Gasteiger partial charge in [0, 0.05) is 52.1 Å². The van der Waals surface area contributed by atoms with Gasteiger partial charge < -0.3 is 19.4 Å². The lowest BCUT2D eigenvalue weighted by Gasteiger charge is -2.39. The average Bonchev–Trinajstić information content (AvgIpc) is 2.68. The summed E-state index contributed by atoms with van der Waals surface area (Å²) in [5.41, 5.74) is 2.48. The number of likely N-dealkylation sites (tertiary alicyclic amines) is 1. The van der Waals surface area contributed by atoms with Crippen molar-refractivity contribution in [2.45, 2.75) is 19.8 Å². The smallest absolute Gasteiger partial charge is 0.248 e. The second-order valence-electron chi connectivity index (χ2n) is 7.26. The Kier molecular flexibility index (Phi) is 6.14. The molecule has 3 rings (SSSR count). The maximum absolute atomic E-state index is 12.9. The first-order valence-corrected chi connectivity index (χ1v) is 9.45. The van der Waals surface area contributed by atoms with Crippen LogP contribution in [0, 0.1) is 12.8 Å². The number of benzene rings is 1. The van der Waals surface area contributed by atoms with Crippen molar-refractivity contribution in [3.8, 4) is 0 Å². The molecule has 0 saturated carbocycles. The molecule has 2 saturated heterocycles. The predicted octanol–water partition coefficient (Wildman–Crippen LogP) is 1.53. The molecule has 142 valence electrons. The summed E-state index contributed by atoms with van der Waals surface area (Å²) in [6.07, 6.45) is 1.75. The van der Waals surface area contributed by atoms with Crippen molar-refractivity contribution in [3.05, 3.63) is 29.8 Å². The lowest BCUT2D eigenvalue weighted by atomic mass is 9.96. The first kappa shape index (κ1) is 18.7. The quantitative estimate of drug-likeness (QED) is 0.818. The predicted molar refractivity (Wildman–Crippen MR) is 101 cm³/mol. The molecule has 2 amide bonds. The number of hydrogen-bond acceptors (Lipinski definition) is 4. The van der Waals surface area contributed by atoms with Crippen molar-refractivity contribution in [2.75, 3.05) is 57.9 Å². The minimum absolute atomic E-state index is 0.0193. The van der Waals surface area contributed by atoms with Crippen LogP contribution in [-0.2, 0) is 14.3 Å². The molecule has 6 heteroatoms. The number of piperidine rings is 1. The Morgan fingerprint density at radius 1 is 1.04 bits per heavy atom. The van der Waals surface area contributed by atoms with Crippen molar-refractivity contribution < 1.29 is 14.3 Å². The number of hydrogen-bond donors (Lipinski definition) is 0. The highest BCUT2D eigenvalue weighted by atomic mass is 16.5. The molecule has 2 heterocycles. The maximum Gasteiger partial charge on any atom is 0.248 e. The van der Waals surface area contributed by atoms with Gasteiger partial charge in [-0.2, -0.15) is 0 Å². The summed E-state index contributed by atoms with van der Waals surface area (Å²) in [7, 11) is 1.53. The fraction of sp³-hybridized carbons (Fsp3) is 0.600. The zero-order valence-corrected chi connectivity index (χ0v) is 15.8. The summed E-state index contributed by atoms with van der Waals surface area (Å²) in [5, 5.41) is 0. The van der Waals surface area contributed by atoms with E-state index >= 15 is 0 Å². The number of rotatable bonds is 4. The first-order chi connectivity index (χ1) is 12.6. The van der Waals surface area contributed by atoms with E-state index in [4.69, 9.17) is 4.74 Å². The molecule has 26 heavy (non-hydrogen) atoms. The molecule has 6 nitrogen and oxygen atoms in total. The molecule has 1 atom stereocenters. The van der Waals surface area contributed by atoms with Crippen LogP contribution in [0.5, 0.6) is 0 Å². The van der Waals surface area contributed by atoms with Crippen LogP contribution < -0.4 is 4.90 Å². The first-order valence-electron chi connectivity index (χ1n) is 9.45. The van der Waals surface area contributed by atoms with Gasteiger partial charge in [-0.1, -0.05) is 17.7 Å². The number of anilines is 1. The average molecular weight is 359 g/mol. The molecule has 1 aromatic carbocycles. The Balaban J connectivity index is 1.53. The van der Waals surface area contributed by atoms with E-state index in [1.54, 1.807) is 4.90 Å². The fourth-order valence-electron chi connectivity index (χ4n) is 3.82. The molecule has 2 aliphatic rings. The number of piperazine rings is 1. The highest BCUT2D eigenvalue weighted by Crippen LogP contribution is 2.22. The molecule has 0 spiro atoms. The molecule has 2 fully saturated rings. The monoisotopic (exact) mass is 359 g/mol. The van der Waals surface area contributed by atoms with Crippen molar-refractivity contribution in [3.63, 3.8) is 0 Å². The number of carbonyl (C=O) groups excluding carboxylic acids is 2. The summed E-state index contributed by atoms with van der Waals surface area (Å²) in [5.74, 6) is 0.105. The van der Waals surface area contributed by atoms with Crippen LogP contribution in [0.2, 0.25) is 0 Å². The van der Waals surface area contributed by atoms with E-state index in [0.29, 0.717) is 6.54 Å². The van der Waals surface area contributed by atoms with E-state index in [2.05, 4.69) is 36.1 Å². The fourth-order valence-corrected chi connectivity index (χ4v) is 3.82. The third-order valence-electron chi connectivity index (χ3n) is 5.38. The Morgan fingerprint density at radius 2 is 1.73 bits per heavy atom. The highest BCUT2D eigenvalue weighted by Gasteiger charge is 2.32. The van der Waals surface area contributed by atoms with Gasteiger partial charge in [0.25, 0.3) is 0 Å². The topological polar surface area (TPSA) is 53.1 Å². The minimum atomic E-state index is -0.0736. The number of ether oxygens (including phenoxy) is 1. The number of amides is 2. The van der Waals surface area contributed by atoms with E-state index in [9.17, 15) is 9.59 Å². The Labute approximate surface area is 155 Å². The number of aryl methyl sites for hydroxylation is 1. The van der Waals surface area contributed by atoms with Crippen LogP contribution in [0.15, 0.2) is 24.3 Å². The SMILES string of the molecule is COCC(=O)N1CCCC(C(=O)N2CCN(c3ccc(C)cc3)CC2)C1. The van der Waals surface area contributed by atoms with Gasteiger partial charge in [0.2, 0.25) is 11.8 Å². The van der Waals surface area contributed by atoms with Gasteiger partial charge in [0.1, 0.15) is 6.61 Å². The van der Waals surface area contributed by atoms with Gasteiger partial charge in [0.05, 0.1) is 5.92 Å². The summed E-state index contributed by atoms with van der Waals surface area (Å²) >= 11 is 0. The van der Waals surface area contributed by atoms with Crippen molar-refractivity contribution in [1.82, 2.24) is 9.80 Å². The molecule has 0 N–H and O–H groups in total. The van der Waals surface area contributed by atoms with Gasteiger partial charge in [-0.15, -0.1) is 0 Å². The Bertz CT molecular complexity index is 624. The lowest BCUT2D eigenvalue weighted by Crippen LogP contribution is -2.53. The van der Waals surface area contributed by atoms with E-state index in [1.165, 1.54) is 18.4 Å². The molecule has 0 aliphatic carbocycles. The van der Waals surface area contributed by atoms with E-state index in [0.717, 1.165) is 45.6 Å². The number of nitrogens with zero attached hydrogens (tertiary/aromatic N) is 3. The van der Waals surface area contributed by atoms with Gasteiger partial charge in [-0.3, -0.25) is 9.59 Å². The molecule has 0 aromatic heterocycles. The van der Waals surface area contributed by atoms with Crippen LogP contribution in [0.1, 0.15) is 18.4 Å². The third kappa shape index (κ3) is 4.36. The second-order valence-corrected chi connectivity index (χ2v) is 7.26. The van der Waals surface area contributed by atoms with Crippen LogP contribution in [-0.4, -0.2) is 74.6 Å². The maximum atomic E-state index is 12.9. The highest BCUT2D eigenvalue weighted by molar-refractivity contribution is 5.82. The van der Waals surface area contributed by atoms with Gasteiger partial charge >= 0.3 is 0 Å². The summed E-state index contributed by atoms with van der Waals surface area (Å²) < 4.78 is 4.94. The summed E-state index contributed by atoms with van der Waals surface area (Å²) in [6.45, 7) is 6.64. The van der Waals surface area contributed by atoms with Crippen molar-refractivity contribution in [2.24, 2.45) is 5.92 Å². The Morgan fingerprint density at radius 3 is 2.38 bits per heavy atom.